The van der Waals surface area contributed by atoms with E-state index in [-0.39, 0.29) is 0 Å². The number of rotatable bonds is 3. The molecule has 1 N–H and O–H groups in total. The van der Waals surface area contributed by atoms with Gasteiger partial charge in [-0.2, -0.15) is 0 Å². The molecule has 1 unspecified atom stereocenters. The van der Waals surface area contributed by atoms with Crippen LogP contribution < -0.4 is 0 Å². The molecule has 0 aliphatic carbocycles. The van der Waals surface area contributed by atoms with E-state index in [1.165, 1.54) is 12.8 Å². The third kappa shape index (κ3) is 1.99. The van der Waals surface area contributed by atoms with Crippen molar-refractivity contribution in [1.29, 1.82) is 0 Å². The van der Waals surface area contributed by atoms with Crippen molar-refractivity contribution in [1.82, 2.24) is 4.90 Å². The Labute approximate surface area is 75.6 Å². The highest BCUT2D eigenvalue weighted by Gasteiger charge is 2.31. The average molecular weight is 171 g/mol. The summed E-state index contributed by atoms with van der Waals surface area (Å²) in [6.45, 7) is 9.39. The zero-order valence-electron chi connectivity index (χ0n) is 8.51. The molecule has 0 aromatic rings. The lowest BCUT2D eigenvalue weighted by atomic mass is 10.00. The quantitative estimate of drug-likeness (QED) is 0.695. The van der Waals surface area contributed by atoms with Crippen LogP contribution in [0.2, 0.25) is 0 Å². The predicted octanol–water partition coefficient (Wildman–Crippen LogP) is 1.49. The van der Waals surface area contributed by atoms with Crippen molar-refractivity contribution in [3.63, 3.8) is 0 Å². The molecule has 2 heteroatoms. The Bertz CT molecular complexity index is 145. The number of nitrogens with zero attached hydrogens (tertiary/aromatic N) is 1. The number of aliphatic hydroxyl groups is 1. The van der Waals surface area contributed by atoms with Gasteiger partial charge in [0.25, 0.3) is 0 Å². The maximum atomic E-state index is 9.00. The van der Waals surface area contributed by atoms with Gasteiger partial charge in [-0.15, -0.1) is 0 Å². The van der Waals surface area contributed by atoms with Gasteiger partial charge in [0.1, 0.15) is 0 Å². The normalized spacial score (nSPS) is 26.5. The summed E-state index contributed by atoms with van der Waals surface area (Å²) < 4.78 is 0. The van der Waals surface area contributed by atoms with E-state index in [1.54, 1.807) is 0 Å². The van der Waals surface area contributed by atoms with Gasteiger partial charge in [-0.3, -0.25) is 4.90 Å². The standard InChI is InChI=1S/C10H21NO/c1-4-10(2,3)11-6-5-9(7-11)8-12/h9,12H,4-8H2,1-3H3. The number of hydrogen-bond donors (Lipinski definition) is 1. The minimum Gasteiger partial charge on any atom is -0.396 e. The van der Waals surface area contributed by atoms with Crippen LogP contribution in [0.15, 0.2) is 0 Å². The predicted molar refractivity (Wildman–Crippen MR) is 51.1 cm³/mol. The molecule has 12 heavy (non-hydrogen) atoms. The van der Waals surface area contributed by atoms with Crippen LogP contribution in [-0.2, 0) is 0 Å². The molecule has 0 aromatic heterocycles. The smallest absolute Gasteiger partial charge is 0.0471 e. The van der Waals surface area contributed by atoms with Crippen molar-refractivity contribution in [2.45, 2.75) is 39.2 Å². The summed E-state index contributed by atoms with van der Waals surface area (Å²) in [6, 6.07) is 0. The van der Waals surface area contributed by atoms with Crippen molar-refractivity contribution < 1.29 is 5.11 Å². The SMILES string of the molecule is CCC(C)(C)N1CCC(CO)C1. The summed E-state index contributed by atoms with van der Waals surface area (Å²) >= 11 is 0. The van der Waals surface area contributed by atoms with Crippen LogP contribution in [0, 0.1) is 5.92 Å². The molecule has 1 aliphatic heterocycles. The third-order valence-corrected chi connectivity index (χ3v) is 3.27. The van der Waals surface area contributed by atoms with Crippen LogP contribution in [0.4, 0.5) is 0 Å². The van der Waals surface area contributed by atoms with Crippen LogP contribution in [0.5, 0.6) is 0 Å². The molecule has 2 nitrogen and oxygen atoms in total. The molecule has 1 heterocycles. The number of likely N-dealkylation sites (tertiary alicyclic amines) is 1. The average Bonchev–Trinajstić information content (AvgIpc) is 2.52. The van der Waals surface area contributed by atoms with Crippen molar-refractivity contribution in [2.24, 2.45) is 5.92 Å². The molecule has 0 amide bonds. The van der Waals surface area contributed by atoms with Crippen LogP contribution in [0.3, 0.4) is 0 Å². The highest BCUT2D eigenvalue weighted by Crippen LogP contribution is 2.26. The van der Waals surface area contributed by atoms with E-state index in [2.05, 4.69) is 25.7 Å². The van der Waals surface area contributed by atoms with Crippen LogP contribution in [0.25, 0.3) is 0 Å². The molecule has 1 rings (SSSR count). The van der Waals surface area contributed by atoms with Gasteiger partial charge in [-0.25, -0.2) is 0 Å². The van der Waals surface area contributed by atoms with Gasteiger partial charge in [-0.05, 0) is 39.2 Å². The molecule has 1 saturated heterocycles. The summed E-state index contributed by atoms with van der Waals surface area (Å²) in [5.41, 5.74) is 0.323. The Morgan fingerprint density at radius 3 is 2.58 bits per heavy atom. The maximum absolute atomic E-state index is 9.00. The van der Waals surface area contributed by atoms with E-state index in [9.17, 15) is 0 Å². The molecule has 0 bridgehead atoms. The van der Waals surface area contributed by atoms with Gasteiger partial charge < -0.3 is 5.11 Å². The first-order valence-electron chi connectivity index (χ1n) is 4.96. The third-order valence-electron chi connectivity index (χ3n) is 3.27. The van der Waals surface area contributed by atoms with E-state index >= 15 is 0 Å². The molecule has 1 aliphatic rings. The molecule has 0 radical (unpaired) electrons. The van der Waals surface area contributed by atoms with Gasteiger partial charge in [0.05, 0.1) is 0 Å². The Morgan fingerprint density at radius 1 is 1.50 bits per heavy atom. The van der Waals surface area contributed by atoms with E-state index in [0.717, 1.165) is 13.1 Å². The second-order valence-electron chi connectivity index (χ2n) is 4.45. The Kier molecular flexibility index (Phi) is 3.13. The maximum Gasteiger partial charge on any atom is 0.0471 e. The van der Waals surface area contributed by atoms with Crippen molar-refractivity contribution in [3.05, 3.63) is 0 Å². The summed E-state index contributed by atoms with van der Waals surface area (Å²) in [6.07, 6.45) is 2.35. The topological polar surface area (TPSA) is 23.5 Å². The molecular weight excluding hydrogens is 150 g/mol. The lowest BCUT2D eigenvalue weighted by Gasteiger charge is -2.34. The fourth-order valence-electron chi connectivity index (χ4n) is 1.76. The monoisotopic (exact) mass is 171 g/mol. The van der Waals surface area contributed by atoms with Gasteiger partial charge >= 0.3 is 0 Å². The minimum absolute atomic E-state index is 0.323. The van der Waals surface area contributed by atoms with Crippen LogP contribution in [0.1, 0.15) is 33.6 Å². The van der Waals surface area contributed by atoms with Crippen LogP contribution in [-0.4, -0.2) is 35.2 Å². The minimum atomic E-state index is 0.323. The second kappa shape index (κ2) is 3.75. The van der Waals surface area contributed by atoms with E-state index in [0.29, 0.717) is 18.1 Å². The van der Waals surface area contributed by atoms with Gasteiger partial charge in [0, 0.05) is 18.7 Å². The largest absolute Gasteiger partial charge is 0.396 e. The molecule has 1 fully saturated rings. The Balaban J connectivity index is 2.46. The molecule has 0 spiro atoms. The fraction of sp³-hybridized carbons (Fsp3) is 1.00. The Hall–Kier alpha value is -0.0800. The summed E-state index contributed by atoms with van der Waals surface area (Å²) in [7, 11) is 0. The van der Waals surface area contributed by atoms with E-state index in [1.807, 2.05) is 0 Å². The van der Waals surface area contributed by atoms with E-state index in [4.69, 9.17) is 5.11 Å². The zero-order valence-corrected chi connectivity index (χ0v) is 8.51. The fourth-order valence-corrected chi connectivity index (χ4v) is 1.76. The van der Waals surface area contributed by atoms with Gasteiger partial charge in [0.15, 0.2) is 0 Å². The highest BCUT2D eigenvalue weighted by molar-refractivity contribution is 4.86. The summed E-state index contributed by atoms with van der Waals surface area (Å²) in [4.78, 5) is 2.49. The van der Waals surface area contributed by atoms with Gasteiger partial charge in [-0.1, -0.05) is 6.92 Å². The van der Waals surface area contributed by atoms with Crippen LogP contribution >= 0.6 is 0 Å². The summed E-state index contributed by atoms with van der Waals surface area (Å²) in [5.74, 6) is 0.524. The van der Waals surface area contributed by atoms with Crippen molar-refractivity contribution in [2.75, 3.05) is 19.7 Å². The molecular formula is C10H21NO. The molecule has 72 valence electrons. The Morgan fingerprint density at radius 2 is 2.17 bits per heavy atom. The molecule has 0 saturated carbocycles. The first-order valence-corrected chi connectivity index (χ1v) is 4.96. The lowest BCUT2D eigenvalue weighted by molar-refractivity contribution is 0.134. The first-order chi connectivity index (χ1) is 5.60. The first kappa shape index (κ1) is 10.0. The number of hydrogen-bond acceptors (Lipinski definition) is 2. The van der Waals surface area contributed by atoms with Crippen molar-refractivity contribution in [3.8, 4) is 0 Å². The van der Waals surface area contributed by atoms with Crippen molar-refractivity contribution >= 4 is 0 Å². The van der Waals surface area contributed by atoms with E-state index < -0.39 is 0 Å². The number of aliphatic hydroxyl groups excluding tert-OH is 1. The highest BCUT2D eigenvalue weighted by atomic mass is 16.3. The molecule has 1 atom stereocenters. The molecule has 0 aromatic carbocycles. The summed E-state index contributed by atoms with van der Waals surface area (Å²) in [5, 5.41) is 9.00. The zero-order chi connectivity index (χ0) is 9.19. The lowest BCUT2D eigenvalue weighted by Crippen LogP contribution is -2.41. The van der Waals surface area contributed by atoms with Gasteiger partial charge in [0.2, 0.25) is 0 Å². The second-order valence-corrected chi connectivity index (χ2v) is 4.45.